The van der Waals surface area contributed by atoms with Crippen LogP contribution in [0.2, 0.25) is 0 Å². The van der Waals surface area contributed by atoms with E-state index in [2.05, 4.69) is 11.4 Å². The van der Waals surface area contributed by atoms with Crippen LogP contribution in [0.3, 0.4) is 0 Å². The SMILES string of the molecule is CC(Cc1cccc2c1NCC2)C(=O)O. The van der Waals surface area contributed by atoms with Crippen molar-refractivity contribution in [2.24, 2.45) is 5.92 Å². The van der Waals surface area contributed by atoms with Gasteiger partial charge in [0.1, 0.15) is 0 Å². The van der Waals surface area contributed by atoms with Crippen LogP contribution in [0, 0.1) is 5.92 Å². The van der Waals surface area contributed by atoms with E-state index < -0.39 is 5.97 Å². The Labute approximate surface area is 89.1 Å². The molecule has 0 saturated carbocycles. The first-order valence-corrected chi connectivity index (χ1v) is 5.26. The molecule has 0 saturated heterocycles. The largest absolute Gasteiger partial charge is 0.481 e. The Morgan fingerprint density at radius 2 is 2.40 bits per heavy atom. The molecule has 2 rings (SSSR count). The molecular weight excluding hydrogens is 190 g/mol. The summed E-state index contributed by atoms with van der Waals surface area (Å²) < 4.78 is 0. The fraction of sp³-hybridized carbons (Fsp3) is 0.417. The number of carboxylic acid groups (broad SMARTS) is 1. The highest BCUT2D eigenvalue weighted by atomic mass is 16.4. The Balaban J connectivity index is 2.22. The average molecular weight is 205 g/mol. The van der Waals surface area contributed by atoms with Gasteiger partial charge in [-0.25, -0.2) is 0 Å². The maximum absolute atomic E-state index is 10.8. The number of hydrogen-bond acceptors (Lipinski definition) is 2. The number of benzene rings is 1. The minimum atomic E-state index is -0.731. The molecule has 1 aromatic rings. The zero-order valence-electron chi connectivity index (χ0n) is 8.79. The Hall–Kier alpha value is -1.51. The molecule has 3 nitrogen and oxygen atoms in total. The van der Waals surface area contributed by atoms with Gasteiger partial charge in [-0.2, -0.15) is 0 Å². The highest BCUT2D eigenvalue weighted by molar-refractivity contribution is 5.71. The number of anilines is 1. The monoisotopic (exact) mass is 205 g/mol. The van der Waals surface area contributed by atoms with Gasteiger partial charge >= 0.3 is 5.97 Å². The van der Waals surface area contributed by atoms with Crippen molar-refractivity contribution >= 4 is 11.7 Å². The maximum atomic E-state index is 10.8. The summed E-state index contributed by atoms with van der Waals surface area (Å²) in [7, 11) is 0. The number of nitrogens with one attached hydrogen (secondary N) is 1. The van der Waals surface area contributed by atoms with E-state index in [4.69, 9.17) is 5.11 Å². The predicted molar refractivity (Wildman–Crippen MR) is 59.1 cm³/mol. The number of carboxylic acids is 1. The van der Waals surface area contributed by atoms with Gasteiger partial charge in [0.2, 0.25) is 0 Å². The molecule has 0 aromatic heterocycles. The number of fused-ring (bicyclic) bond motifs is 1. The lowest BCUT2D eigenvalue weighted by Crippen LogP contribution is -2.13. The summed E-state index contributed by atoms with van der Waals surface area (Å²) >= 11 is 0. The molecule has 0 amide bonds. The molecule has 1 heterocycles. The van der Waals surface area contributed by atoms with Gasteiger partial charge in [-0.1, -0.05) is 25.1 Å². The standard InChI is InChI=1S/C12H15NO2/c1-8(12(14)15)7-10-4-2-3-9-5-6-13-11(9)10/h2-4,8,13H,5-7H2,1H3,(H,14,15). The maximum Gasteiger partial charge on any atom is 0.306 e. The number of para-hydroxylation sites is 1. The van der Waals surface area contributed by atoms with E-state index in [1.807, 2.05) is 12.1 Å². The Morgan fingerprint density at radius 1 is 1.60 bits per heavy atom. The van der Waals surface area contributed by atoms with Crippen LogP contribution in [-0.4, -0.2) is 17.6 Å². The van der Waals surface area contributed by atoms with E-state index in [1.54, 1.807) is 6.92 Å². The predicted octanol–water partition coefficient (Wildman–Crippen LogP) is 1.92. The summed E-state index contributed by atoms with van der Waals surface area (Å²) in [6.07, 6.45) is 1.65. The van der Waals surface area contributed by atoms with E-state index in [0.717, 1.165) is 24.2 Å². The minimum Gasteiger partial charge on any atom is -0.481 e. The third-order valence-corrected chi connectivity index (χ3v) is 2.88. The van der Waals surface area contributed by atoms with Crippen LogP contribution in [0.25, 0.3) is 0 Å². The summed E-state index contributed by atoms with van der Waals surface area (Å²) in [4.78, 5) is 10.8. The molecule has 1 aliphatic heterocycles. The molecule has 0 aliphatic carbocycles. The molecule has 0 fully saturated rings. The van der Waals surface area contributed by atoms with Crippen molar-refractivity contribution in [1.82, 2.24) is 0 Å². The van der Waals surface area contributed by atoms with Crippen LogP contribution in [0.4, 0.5) is 5.69 Å². The van der Waals surface area contributed by atoms with Crippen molar-refractivity contribution in [1.29, 1.82) is 0 Å². The normalized spacial score (nSPS) is 15.5. The van der Waals surface area contributed by atoms with Crippen molar-refractivity contribution in [2.45, 2.75) is 19.8 Å². The van der Waals surface area contributed by atoms with E-state index in [-0.39, 0.29) is 5.92 Å². The van der Waals surface area contributed by atoms with Gasteiger partial charge in [0.25, 0.3) is 0 Å². The summed E-state index contributed by atoms with van der Waals surface area (Å²) in [5.74, 6) is -1.05. The molecule has 1 unspecified atom stereocenters. The van der Waals surface area contributed by atoms with E-state index in [9.17, 15) is 4.79 Å². The van der Waals surface area contributed by atoms with Crippen LogP contribution in [0.15, 0.2) is 18.2 Å². The first-order valence-electron chi connectivity index (χ1n) is 5.26. The van der Waals surface area contributed by atoms with Gasteiger partial charge in [0, 0.05) is 12.2 Å². The van der Waals surface area contributed by atoms with Crippen molar-refractivity contribution < 1.29 is 9.90 Å². The number of aliphatic carboxylic acids is 1. The zero-order valence-corrected chi connectivity index (χ0v) is 8.79. The van der Waals surface area contributed by atoms with Crippen molar-refractivity contribution in [2.75, 3.05) is 11.9 Å². The van der Waals surface area contributed by atoms with Gasteiger partial charge in [-0.3, -0.25) is 4.79 Å². The van der Waals surface area contributed by atoms with E-state index in [0.29, 0.717) is 6.42 Å². The van der Waals surface area contributed by atoms with Crippen LogP contribution in [0.1, 0.15) is 18.1 Å². The molecule has 0 spiro atoms. The van der Waals surface area contributed by atoms with Gasteiger partial charge in [0.15, 0.2) is 0 Å². The van der Waals surface area contributed by atoms with E-state index in [1.165, 1.54) is 5.56 Å². The summed E-state index contributed by atoms with van der Waals surface area (Å²) in [6.45, 7) is 2.71. The average Bonchev–Trinajstić information content (AvgIpc) is 2.66. The molecule has 0 radical (unpaired) electrons. The van der Waals surface area contributed by atoms with Gasteiger partial charge in [-0.05, 0) is 24.0 Å². The van der Waals surface area contributed by atoms with E-state index >= 15 is 0 Å². The fourth-order valence-corrected chi connectivity index (χ4v) is 2.00. The second-order valence-electron chi connectivity index (χ2n) is 4.07. The Bertz CT molecular complexity index is 387. The number of hydrogen-bond donors (Lipinski definition) is 2. The molecular formula is C12H15NO2. The third-order valence-electron chi connectivity index (χ3n) is 2.88. The Kier molecular flexibility index (Phi) is 2.62. The fourth-order valence-electron chi connectivity index (χ4n) is 2.00. The lowest BCUT2D eigenvalue weighted by molar-refractivity contribution is -0.141. The lowest BCUT2D eigenvalue weighted by Gasteiger charge is -2.11. The van der Waals surface area contributed by atoms with Crippen molar-refractivity contribution in [3.63, 3.8) is 0 Å². The quantitative estimate of drug-likeness (QED) is 0.792. The topological polar surface area (TPSA) is 49.3 Å². The molecule has 0 bridgehead atoms. The molecule has 15 heavy (non-hydrogen) atoms. The van der Waals surface area contributed by atoms with Crippen LogP contribution >= 0.6 is 0 Å². The first-order chi connectivity index (χ1) is 7.18. The summed E-state index contributed by atoms with van der Waals surface area (Å²) in [6, 6.07) is 6.12. The Morgan fingerprint density at radius 3 is 3.13 bits per heavy atom. The summed E-state index contributed by atoms with van der Waals surface area (Å²) in [5.41, 5.74) is 3.59. The molecule has 1 atom stereocenters. The third kappa shape index (κ3) is 1.96. The highest BCUT2D eigenvalue weighted by Crippen LogP contribution is 2.28. The van der Waals surface area contributed by atoms with Crippen LogP contribution in [0.5, 0.6) is 0 Å². The van der Waals surface area contributed by atoms with Gasteiger partial charge < -0.3 is 10.4 Å². The van der Waals surface area contributed by atoms with Crippen LogP contribution in [-0.2, 0) is 17.6 Å². The number of carbonyl (C=O) groups is 1. The minimum absolute atomic E-state index is 0.320. The highest BCUT2D eigenvalue weighted by Gasteiger charge is 2.18. The second-order valence-corrected chi connectivity index (χ2v) is 4.07. The van der Waals surface area contributed by atoms with Crippen molar-refractivity contribution in [3.8, 4) is 0 Å². The summed E-state index contributed by atoms with van der Waals surface area (Å²) in [5, 5.41) is 12.2. The van der Waals surface area contributed by atoms with Crippen LogP contribution < -0.4 is 5.32 Å². The molecule has 2 N–H and O–H groups in total. The molecule has 3 heteroatoms. The smallest absolute Gasteiger partial charge is 0.306 e. The molecule has 80 valence electrons. The van der Waals surface area contributed by atoms with Gasteiger partial charge in [0.05, 0.1) is 5.92 Å². The first kappa shape index (κ1) is 10.0. The zero-order chi connectivity index (χ0) is 10.8. The molecule has 1 aromatic carbocycles. The van der Waals surface area contributed by atoms with Gasteiger partial charge in [-0.15, -0.1) is 0 Å². The van der Waals surface area contributed by atoms with Crippen molar-refractivity contribution in [3.05, 3.63) is 29.3 Å². The lowest BCUT2D eigenvalue weighted by atomic mass is 9.98. The number of rotatable bonds is 3. The molecule has 1 aliphatic rings. The second kappa shape index (κ2) is 3.93.